The predicted octanol–water partition coefficient (Wildman–Crippen LogP) is 3.64. The van der Waals surface area contributed by atoms with E-state index in [2.05, 4.69) is 15.3 Å². The lowest BCUT2D eigenvalue weighted by molar-refractivity contribution is 0.0528. The fraction of sp³-hybridized carbons (Fsp3) is 0.150. The minimum Gasteiger partial charge on any atom is -0.476 e. The largest absolute Gasteiger partial charge is 0.476 e. The van der Waals surface area contributed by atoms with Crippen LogP contribution in [0.3, 0.4) is 0 Å². The molecule has 1 aromatic carbocycles. The second kappa shape index (κ2) is 8.61. The lowest BCUT2D eigenvalue weighted by Crippen LogP contribution is -2.20. The summed E-state index contributed by atoms with van der Waals surface area (Å²) in [5, 5.41) is 13.8. The van der Waals surface area contributed by atoms with Crippen molar-refractivity contribution in [3.8, 4) is 11.1 Å². The third-order valence-electron chi connectivity index (χ3n) is 3.98. The molecule has 2 N–H and O–H groups in total. The van der Waals surface area contributed by atoms with Crippen LogP contribution < -0.4 is 5.32 Å². The van der Waals surface area contributed by atoms with Crippen LogP contribution in [0.1, 0.15) is 43.8 Å². The Morgan fingerprint density at radius 1 is 1.10 bits per heavy atom. The van der Waals surface area contributed by atoms with Crippen molar-refractivity contribution in [1.82, 2.24) is 9.97 Å². The third-order valence-corrected chi connectivity index (χ3v) is 4.87. The van der Waals surface area contributed by atoms with Gasteiger partial charge >= 0.3 is 11.9 Å². The van der Waals surface area contributed by atoms with Crippen LogP contribution >= 0.6 is 11.3 Å². The van der Waals surface area contributed by atoms with E-state index in [1.165, 1.54) is 12.4 Å². The molecule has 0 spiro atoms. The molecule has 1 amide bonds. The second-order valence-electron chi connectivity index (χ2n) is 5.95. The number of amides is 1. The van der Waals surface area contributed by atoms with Crippen molar-refractivity contribution in [2.75, 3.05) is 11.9 Å². The van der Waals surface area contributed by atoms with Crippen LogP contribution in [0.4, 0.5) is 5.00 Å². The monoisotopic (exact) mass is 411 g/mol. The van der Waals surface area contributed by atoms with Gasteiger partial charge in [0.05, 0.1) is 6.61 Å². The normalized spacial score (nSPS) is 10.4. The van der Waals surface area contributed by atoms with Crippen LogP contribution in [0.2, 0.25) is 0 Å². The Kier molecular flexibility index (Phi) is 5.99. The Morgan fingerprint density at radius 2 is 1.76 bits per heavy atom. The maximum Gasteiger partial charge on any atom is 0.356 e. The fourth-order valence-electron chi connectivity index (χ4n) is 2.62. The zero-order valence-electron chi connectivity index (χ0n) is 15.6. The first kappa shape index (κ1) is 20.2. The molecule has 0 aliphatic heterocycles. The molecule has 2 heterocycles. The van der Waals surface area contributed by atoms with Crippen molar-refractivity contribution in [2.45, 2.75) is 13.8 Å². The molecule has 0 unspecified atom stereocenters. The number of aromatic nitrogens is 2. The number of carboxylic acids is 1. The molecule has 8 nitrogen and oxygen atoms in total. The van der Waals surface area contributed by atoms with E-state index in [4.69, 9.17) is 4.74 Å². The molecule has 0 radical (unpaired) electrons. The van der Waals surface area contributed by atoms with E-state index in [9.17, 15) is 19.5 Å². The Labute approximate surface area is 170 Å². The number of carboxylic acid groups (broad SMARTS) is 1. The summed E-state index contributed by atoms with van der Waals surface area (Å²) in [4.78, 5) is 44.0. The maximum absolute atomic E-state index is 12.6. The minimum absolute atomic E-state index is 0.169. The van der Waals surface area contributed by atoms with E-state index in [0.717, 1.165) is 22.5 Å². The van der Waals surface area contributed by atoms with E-state index in [0.29, 0.717) is 5.56 Å². The van der Waals surface area contributed by atoms with Gasteiger partial charge in [-0.1, -0.05) is 29.8 Å². The maximum atomic E-state index is 12.6. The number of thiophene rings is 1. The van der Waals surface area contributed by atoms with Gasteiger partial charge in [0.2, 0.25) is 0 Å². The summed E-state index contributed by atoms with van der Waals surface area (Å²) in [6.07, 6.45) is 2.41. The number of hydrogen-bond acceptors (Lipinski definition) is 7. The molecule has 0 bridgehead atoms. The molecule has 3 aromatic rings. The molecular formula is C20H17N3O5S. The summed E-state index contributed by atoms with van der Waals surface area (Å²) in [5.41, 5.74) is 1.86. The van der Waals surface area contributed by atoms with E-state index in [1.807, 2.05) is 31.2 Å². The molecule has 0 saturated carbocycles. The molecule has 29 heavy (non-hydrogen) atoms. The van der Waals surface area contributed by atoms with Crippen molar-refractivity contribution in [3.63, 3.8) is 0 Å². The highest BCUT2D eigenvalue weighted by Crippen LogP contribution is 2.36. The summed E-state index contributed by atoms with van der Waals surface area (Å²) in [6.45, 7) is 3.81. The number of anilines is 1. The van der Waals surface area contributed by atoms with Crippen LogP contribution in [0.5, 0.6) is 0 Å². The van der Waals surface area contributed by atoms with Gasteiger partial charge in [-0.15, -0.1) is 11.3 Å². The molecule has 3 rings (SSSR count). The van der Waals surface area contributed by atoms with Crippen LogP contribution in [-0.2, 0) is 4.74 Å². The summed E-state index contributed by atoms with van der Waals surface area (Å²) in [5.74, 6) is -2.74. The zero-order valence-corrected chi connectivity index (χ0v) is 16.4. The lowest BCUT2D eigenvalue weighted by Gasteiger charge is -2.09. The summed E-state index contributed by atoms with van der Waals surface area (Å²) in [7, 11) is 0. The molecule has 0 aliphatic rings. The quantitative estimate of drug-likeness (QED) is 0.594. The third kappa shape index (κ3) is 4.30. The first-order valence-corrected chi connectivity index (χ1v) is 9.51. The molecule has 9 heteroatoms. The number of ether oxygens (including phenoxy) is 1. The molecule has 0 saturated heterocycles. The van der Waals surface area contributed by atoms with Gasteiger partial charge < -0.3 is 15.2 Å². The van der Waals surface area contributed by atoms with Gasteiger partial charge in [0.25, 0.3) is 5.91 Å². The van der Waals surface area contributed by atoms with Crippen LogP contribution in [0.15, 0.2) is 42.0 Å². The van der Waals surface area contributed by atoms with Crippen molar-refractivity contribution >= 4 is 34.2 Å². The van der Waals surface area contributed by atoms with E-state index in [1.54, 1.807) is 12.3 Å². The van der Waals surface area contributed by atoms with Crippen molar-refractivity contribution < 1.29 is 24.2 Å². The lowest BCUT2D eigenvalue weighted by atomic mass is 10.0. The van der Waals surface area contributed by atoms with Gasteiger partial charge in [-0.3, -0.25) is 4.79 Å². The summed E-state index contributed by atoms with van der Waals surface area (Å²) < 4.78 is 5.16. The van der Waals surface area contributed by atoms with E-state index < -0.39 is 23.5 Å². The Morgan fingerprint density at radius 3 is 2.38 bits per heavy atom. The topological polar surface area (TPSA) is 118 Å². The molecule has 0 aliphatic carbocycles. The first-order chi connectivity index (χ1) is 13.9. The molecule has 0 fully saturated rings. The number of aryl methyl sites for hydroxylation is 1. The van der Waals surface area contributed by atoms with Gasteiger partial charge in [0.15, 0.2) is 11.4 Å². The van der Waals surface area contributed by atoms with Crippen molar-refractivity contribution in [3.05, 3.63) is 64.6 Å². The number of benzene rings is 1. The second-order valence-corrected chi connectivity index (χ2v) is 6.83. The summed E-state index contributed by atoms with van der Waals surface area (Å²) >= 11 is 1.14. The number of esters is 1. The van der Waals surface area contributed by atoms with Crippen LogP contribution in [-0.4, -0.2) is 39.5 Å². The number of carbonyl (C=O) groups is 3. The highest BCUT2D eigenvalue weighted by atomic mass is 32.1. The Hall–Kier alpha value is -3.59. The van der Waals surface area contributed by atoms with Gasteiger partial charge in [-0.2, -0.15) is 0 Å². The first-order valence-electron chi connectivity index (χ1n) is 8.63. The smallest absolute Gasteiger partial charge is 0.356 e. The molecule has 0 atom stereocenters. The van der Waals surface area contributed by atoms with E-state index in [-0.39, 0.29) is 22.9 Å². The van der Waals surface area contributed by atoms with E-state index >= 15 is 0 Å². The highest BCUT2D eigenvalue weighted by Gasteiger charge is 2.25. The van der Waals surface area contributed by atoms with Crippen molar-refractivity contribution in [2.24, 2.45) is 0 Å². The average Bonchev–Trinajstić information content (AvgIpc) is 3.12. The van der Waals surface area contributed by atoms with Gasteiger partial charge in [-0.25, -0.2) is 19.6 Å². The fourth-order valence-corrected chi connectivity index (χ4v) is 3.58. The number of carbonyl (C=O) groups excluding carboxylic acids is 2. The van der Waals surface area contributed by atoms with Gasteiger partial charge in [0, 0.05) is 23.3 Å². The average molecular weight is 411 g/mol. The SMILES string of the molecule is CCOC(=O)c1c(-c2ccc(C)cc2)csc1NC(=O)c1nccnc1C(=O)O. The van der Waals surface area contributed by atoms with Gasteiger partial charge in [-0.05, 0) is 19.4 Å². The number of nitrogens with zero attached hydrogens (tertiary/aromatic N) is 2. The van der Waals surface area contributed by atoms with Crippen molar-refractivity contribution in [1.29, 1.82) is 0 Å². The number of hydrogen-bond donors (Lipinski definition) is 2. The number of nitrogens with one attached hydrogen (secondary N) is 1. The zero-order chi connectivity index (χ0) is 21.0. The standard InChI is InChI=1S/C20H17N3O5S/c1-3-28-20(27)14-13(12-6-4-11(2)5-7-12)10-29-18(14)23-17(24)15-16(19(25)26)22-9-8-21-15/h4-10H,3H2,1-2H3,(H,23,24)(H,25,26). The predicted molar refractivity (Wildman–Crippen MR) is 107 cm³/mol. The molecule has 148 valence electrons. The Bertz CT molecular complexity index is 1080. The Balaban J connectivity index is 2.01. The van der Waals surface area contributed by atoms with Crippen LogP contribution in [0.25, 0.3) is 11.1 Å². The van der Waals surface area contributed by atoms with Gasteiger partial charge in [0.1, 0.15) is 10.6 Å². The molecular weight excluding hydrogens is 394 g/mol. The highest BCUT2D eigenvalue weighted by molar-refractivity contribution is 7.15. The number of rotatable bonds is 6. The number of aromatic carboxylic acids is 1. The molecule has 2 aromatic heterocycles. The summed E-state index contributed by atoms with van der Waals surface area (Å²) in [6, 6.07) is 7.58. The van der Waals surface area contributed by atoms with Crippen LogP contribution in [0, 0.1) is 6.92 Å². The minimum atomic E-state index is -1.37.